The summed E-state index contributed by atoms with van der Waals surface area (Å²) in [6.07, 6.45) is 0.704. The topological polar surface area (TPSA) is 75.7 Å². The van der Waals surface area contributed by atoms with E-state index in [1.54, 1.807) is 22.8 Å². The maximum atomic E-state index is 13.4. The van der Waals surface area contributed by atoms with Crippen LogP contribution in [0.25, 0.3) is 16.7 Å². The molecule has 0 unspecified atom stereocenters. The second kappa shape index (κ2) is 10.1. The van der Waals surface area contributed by atoms with Crippen molar-refractivity contribution in [1.29, 1.82) is 0 Å². The molecule has 8 nitrogen and oxygen atoms in total. The largest absolute Gasteiger partial charge is 0.368 e. The van der Waals surface area contributed by atoms with Crippen molar-refractivity contribution in [3.05, 3.63) is 106 Å². The highest BCUT2D eigenvalue weighted by molar-refractivity contribution is 5.81. The molecule has 1 saturated heterocycles. The van der Waals surface area contributed by atoms with E-state index in [1.807, 2.05) is 45.7 Å². The van der Waals surface area contributed by atoms with Crippen LogP contribution in [0.4, 0.5) is 10.1 Å². The van der Waals surface area contributed by atoms with Gasteiger partial charge >= 0.3 is 0 Å². The lowest BCUT2D eigenvalue weighted by Gasteiger charge is -2.36. The Morgan fingerprint density at radius 2 is 1.55 bits per heavy atom. The maximum absolute atomic E-state index is 13.4. The monoisotopic (exact) mass is 510 g/mol. The van der Waals surface area contributed by atoms with Crippen LogP contribution < -0.4 is 10.5 Å². The fraction of sp³-hybridized carbons (Fsp3) is 0.241. The molecule has 0 saturated carbocycles. The van der Waals surface area contributed by atoms with Crippen molar-refractivity contribution in [2.75, 3.05) is 31.1 Å². The zero-order valence-electron chi connectivity index (χ0n) is 20.8. The Labute approximate surface area is 218 Å². The SMILES string of the molecule is O=C(CCc1nnc2n(Cc3ccc(F)cc3)c(=O)c3ccccc3n12)N1CCN(c2ccccc2)CC1. The van der Waals surface area contributed by atoms with Crippen molar-refractivity contribution in [2.24, 2.45) is 0 Å². The smallest absolute Gasteiger partial charge is 0.263 e. The third-order valence-corrected chi connectivity index (χ3v) is 7.15. The van der Waals surface area contributed by atoms with Gasteiger partial charge in [0.1, 0.15) is 11.6 Å². The van der Waals surface area contributed by atoms with Crippen LogP contribution in [-0.2, 0) is 17.8 Å². The van der Waals surface area contributed by atoms with Gasteiger partial charge in [0, 0.05) is 44.7 Å². The van der Waals surface area contributed by atoms with Crippen LogP contribution in [0.3, 0.4) is 0 Å². The standard InChI is InChI=1S/C29H27FN6O2/c30-22-12-10-21(11-13-22)20-35-28(38)24-8-4-5-9-25(24)36-26(31-32-29(35)36)14-15-27(37)34-18-16-33(17-19-34)23-6-2-1-3-7-23/h1-13H,14-20H2. The molecular formula is C29H27FN6O2. The van der Waals surface area contributed by atoms with E-state index in [-0.39, 0.29) is 23.8 Å². The summed E-state index contributed by atoms with van der Waals surface area (Å²) in [4.78, 5) is 30.7. The third-order valence-electron chi connectivity index (χ3n) is 7.15. The predicted molar refractivity (Wildman–Crippen MR) is 144 cm³/mol. The fourth-order valence-corrected chi connectivity index (χ4v) is 5.12. The van der Waals surface area contributed by atoms with Crippen LogP contribution in [0.1, 0.15) is 17.8 Å². The van der Waals surface area contributed by atoms with E-state index in [1.165, 1.54) is 17.8 Å². The molecule has 0 spiro atoms. The van der Waals surface area contributed by atoms with Gasteiger partial charge in [0.25, 0.3) is 5.56 Å². The van der Waals surface area contributed by atoms with E-state index in [0.717, 1.165) is 18.7 Å². The molecule has 0 bridgehead atoms. The number of rotatable bonds is 6. The molecule has 0 aliphatic carbocycles. The summed E-state index contributed by atoms with van der Waals surface area (Å²) >= 11 is 0. The van der Waals surface area contributed by atoms with Crippen molar-refractivity contribution >= 4 is 28.3 Å². The van der Waals surface area contributed by atoms with Crippen molar-refractivity contribution in [2.45, 2.75) is 19.4 Å². The molecule has 5 aromatic rings. The number of aryl methyl sites for hydroxylation is 1. The van der Waals surface area contributed by atoms with E-state index in [4.69, 9.17) is 0 Å². The van der Waals surface area contributed by atoms with Gasteiger partial charge in [-0.2, -0.15) is 0 Å². The van der Waals surface area contributed by atoms with Gasteiger partial charge in [0.05, 0.1) is 17.4 Å². The van der Waals surface area contributed by atoms with Crippen LogP contribution in [0.15, 0.2) is 83.7 Å². The summed E-state index contributed by atoms with van der Waals surface area (Å²) in [5, 5.41) is 9.27. The Hall–Kier alpha value is -4.53. The van der Waals surface area contributed by atoms with Gasteiger partial charge in [-0.25, -0.2) is 4.39 Å². The molecule has 3 heterocycles. The quantitative estimate of drug-likeness (QED) is 0.350. The maximum Gasteiger partial charge on any atom is 0.263 e. The van der Waals surface area contributed by atoms with E-state index < -0.39 is 0 Å². The number of aromatic nitrogens is 4. The number of amides is 1. The number of piperazine rings is 1. The van der Waals surface area contributed by atoms with Crippen LogP contribution in [0.2, 0.25) is 0 Å². The lowest BCUT2D eigenvalue weighted by atomic mass is 10.2. The molecular weight excluding hydrogens is 483 g/mol. The number of hydrogen-bond donors (Lipinski definition) is 0. The van der Waals surface area contributed by atoms with E-state index >= 15 is 0 Å². The number of nitrogens with zero attached hydrogens (tertiary/aromatic N) is 6. The number of benzene rings is 3. The fourth-order valence-electron chi connectivity index (χ4n) is 5.12. The summed E-state index contributed by atoms with van der Waals surface area (Å²) in [6.45, 7) is 3.17. The summed E-state index contributed by atoms with van der Waals surface area (Å²) in [5.41, 5.74) is 2.46. The molecule has 1 amide bonds. The first-order valence-corrected chi connectivity index (χ1v) is 12.8. The zero-order chi connectivity index (χ0) is 26.1. The van der Waals surface area contributed by atoms with Gasteiger partial charge in [0.15, 0.2) is 0 Å². The van der Waals surface area contributed by atoms with Gasteiger partial charge < -0.3 is 9.80 Å². The van der Waals surface area contributed by atoms with Gasteiger partial charge in [-0.15, -0.1) is 10.2 Å². The van der Waals surface area contributed by atoms with Crippen molar-refractivity contribution < 1.29 is 9.18 Å². The highest BCUT2D eigenvalue weighted by Gasteiger charge is 2.23. The van der Waals surface area contributed by atoms with Gasteiger partial charge in [-0.05, 0) is 42.0 Å². The lowest BCUT2D eigenvalue weighted by Crippen LogP contribution is -2.48. The molecule has 6 rings (SSSR count). The first-order valence-electron chi connectivity index (χ1n) is 12.8. The number of anilines is 1. The molecule has 1 aliphatic heterocycles. The number of carbonyl (C=O) groups is 1. The first kappa shape index (κ1) is 23.8. The molecule has 0 atom stereocenters. The average molecular weight is 511 g/mol. The number of hydrogen-bond acceptors (Lipinski definition) is 5. The Bertz CT molecular complexity index is 1650. The van der Waals surface area contributed by atoms with Crippen molar-refractivity contribution in [3.8, 4) is 0 Å². The van der Waals surface area contributed by atoms with Crippen LogP contribution in [-0.4, -0.2) is 56.2 Å². The molecule has 38 heavy (non-hydrogen) atoms. The highest BCUT2D eigenvalue weighted by Crippen LogP contribution is 2.19. The second-order valence-corrected chi connectivity index (χ2v) is 9.49. The van der Waals surface area contributed by atoms with Crippen molar-refractivity contribution in [1.82, 2.24) is 24.1 Å². The molecule has 0 N–H and O–H groups in total. The molecule has 3 aromatic carbocycles. The predicted octanol–water partition coefficient (Wildman–Crippen LogP) is 3.51. The van der Waals surface area contributed by atoms with Crippen LogP contribution >= 0.6 is 0 Å². The van der Waals surface area contributed by atoms with Gasteiger partial charge in [-0.1, -0.05) is 42.5 Å². The lowest BCUT2D eigenvalue weighted by molar-refractivity contribution is -0.131. The Kier molecular flexibility index (Phi) is 6.33. The van der Waals surface area contributed by atoms with Gasteiger partial charge in [-0.3, -0.25) is 18.6 Å². The minimum absolute atomic E-state index is 0.0819. The summed E-state index contributed by atoms with van der Waals surface area (Å²) in [6, 6.07) is 23.6. The Morgan fingerprint density at radius 3 is 2.32 bits per heavy atom. The van der Waals surface area contributed by atoms with Gasteiger partial charge in [0.2, 0.25) is 11.7 Å². The normalized spacial score (nSPS) is 13.9. The average Bonchev–Trinajstić information content (AvgIpc) is 3.39. The number of carbonyl (C=O) groups excluding carboxylic acids is 1. The number of halogens is 1. The Morgan fingerprint density at radius 1 is 0.842 bits per heavy atom. The summed E-state index contributed by atoms with van der Waals surface area (Å²) in [5.74, 6) is 0.774. The molecule has 0 radical (unpaired) electrons. The highest BCUT2D eigenvalue weighted by atomic mass is 19.1. The first-order chi connectivity index (χ1) is 18.6. The zero-order valence-corrected chi connectivity index (χ0v) is 20.8. The second-order valence-electron chi connectivity index (χ2n) is 9.49. The molecule has 1 fully saturated rings. The van der Waals surface area contributed by atoms with E-state index in [0.29, 0.717) is 48.4 Å². The molecule has 1 aliphatic rings. The summed E-state index contributed by atoms with van der Waals surface area (Å²) < 4.78 is 16.8. The van der Waals surface area contributed by atoms with Crippen LogP contribution in [0, 0.1) is 5.82 Å². The molecule has 9 heteroatoms. The molecule has 192 valence electrons. The summed E-state index contributed by atoms with van der Waals surface area (Å²) in [7, 11) is 0. The van der Waals surface area contributed by atoms with Crippen molar-refractivity contribution in [3.63, 3.8) is 0 Å². The van der Waals surface area contributed by atoms with E-state index in [9.17, 15) is 14.0 Å². The van der Waals surface area contributed by atoms with E-state index in [2.05, 4.69) is 27.2 Å². The minimum atomic E-state index is -0.333. The third kappa shape index (κ3) is 4.51. The minimum Gasteiger partial charge on any atom is -0.368 e. The Balaban J connectivity index is 1.23. The van der Waals surface area contributed by atoms with Crippen LogP contribution in [0.5, 0.6) is 0 Å². The molecule has 2 aromatic heterocycles. The number of para-hydroxylation sites is 2. The number of fused-ring (bicyclic) bond motifs is 3.